The molecule has 4 rings (SSSR count). The molecule has 0 radical (unpaired) electrons. The lowest BCUT2D eigenvalue weighted by Crippen LogP contribution is -2.75. The first-order chi connectivity index (χ1) is 12.3. The van der Waals surface area contributed by atoms with E-state index in [1.54, 1.807) is 0 Å². The van der Waals surface area contributed by atoms with Crippen molar-refractivity contribution in [3.63, 3.8) is 0 Å². The van der Waals surface area contributed by atoms with Crippen LogP contribution in [0.1, 0.15) is 18.9 Å². The van der Waals surface area contributed by atoms with Crippen molar-refractivity contribution in [3.8, 4) is 0 Å². The third kappa shape index (κ3) is 4.83. The van der Waals surface area contributed by atoms with E-state index in [-0.39, 0.29) is 11.8 Å². The molecule has 3 saturated heterocycles. The Bertz CT molecular complexity index is 675. The van der Waals surface area contributed by atoms with E-state index in [2.05, 4.69) is 5.32 Å². The minimum absolute atomic E-state index is 0.281. The summed E-state index contributed by atoms with van der Waals surface area (Å²) in [6.07, 6.45) is 0.299. The van der Waals surface area contributed by atoms with Crippen LogP contribution in [0.25, 0.3) is 0 Å². The monoisotopic (exact) mass is 386 g/mol. The Kier molecular flexibility index (Phi) is 6.02. The van der Waals surface area contributed by atoms with Crippen molar-refractivity contribution in [2.75, 3.05) is 32.1 Å². The summed E-state index contributed by atoms with van der Waals surface area (Å²) in [6.45, 7) is 1.98. The molecule has 0 spiro atoms. The van der Waals surface area contributed by atoms with Gasteiger partial charge < -0.3 is 24.0 Å². The third-order valence-corrected chi connectivity index (χ3v) is 5.59. The molecule has 3 aliphatic rings. The maximum Gasteiger partial charge on any atom is 0.407 e. The Hall–Kier alpha value is -1.01. The van der Waals surface area contributed by atoms with Crippen LogP contribution in [0.4, 0.5) is 0 Å². The average Bonchev–Trinajstić information content (AvgIpc) is 2.65. The molecule has 2 N–H and O–H groups in total. The van der Waals surface area contributed by atoms with E-state index in [4.69, 9.17) is 23.3 Å². The van der Waals surface area contributed by atoms with Crippen LogP contribution in [-0.4, -0.2) is 63.4 Å². The molecule has 3 fully saturated rings. The summed E-state index contributed by atoms with van der Waals surface area (Å²) in [5.41, 5.74) is 0.565. The van der Waals surface area contributed by atoms with Crippen molar-refractivity contribution in [3.05, 3.63) is 35.9 Å². The number of hydrogen-bond donors (Lipinski definition) is 2. The van der Waals surface area contributed by atoms with Crippen molar-refractivity contribution in [2.24, 2.45) is 0 Å². The smallest absolute Gasteiger partial charge is 0.407 e. The first-order valence-corrected chi connectivity index (χ1v) is 10.4. The SMILES string of the molecule is CC(OCc1ccccc1)[B-]12OCC(NCCCS(=O)(=O)O)(CO1)CO2. The summed E-state index contributed by atoms with van der Waals surface area (Å²) >= 11 is 0. The Morgan fingerprint density at radius 2 is 1.85 bits per heavy atom. The van der Waals surface area contributed by atoms with E-state index in [0.29, 0.717) is 39.4 Å². The Morgan fingerprint density at radius 3 is 2.42 bits per heavy atom. The van der Waals surface area contributed by atoms with Crippen LogP contribution < -0.4 is 5.32 Å². The van der Waals surface area contributed by atoms with Gasteiger partial charge in [-0.1, -0.05) is 37.3 Å². The highest BCUT2D eigenvalue weighted by Gasteiger charge is 2.51. The molecular formula is C16H25BNO7S-. The summed E-state index contributed by atoms with van der Waals surface area (Å²) < 4.78 is 53.8. The highest BCUT2D eigenvalue weighted by Crippen LogP contribution is 2.33. The lowest BCUT2D eigenvalue weighted by molar-refractivity contribution is -0.131. The van der Waals surface area contributed by atoms with Crippen LogP contribution in [0.15, 0.2) is 30.3 Å². The van der Waals surface area contributed by atoms with Gasteiger partial charge in [0.15, 0.2) is 0 Å². The van der Waals surface area contributed by atoms with Crippen molar-refractivity contribution in [1.29, 1.82) is 0 Å². The summed E-state index contributed by atoms with van der Waals surface area (Å²) in [4.78, 5) is 0. The van der Waals surface area contributed by atoms with Gasteiger partial charge in [-0.3, -0.25) is 4.55 Å². The van der Waals surface area contributed by atoms with Gasteiger partial charge in [0, 0.05) is 25.8 Å². The molecular weight excluding hydrogens is 361 g/mol. The topological polar surface area (TPSA) is 103 Å². The Labute approximate surface area is 153 Å². The zero-order chi connectivity index (χ0) is 18.7. The maximum atomic E-state index is 10.8. The zero-order valence-electron chi connectivity index (χ0n) is 14.8. The van der Waals surface area contributed by atoms with E-state index in [1.807, 2.05) is 37.3 Å². The summed E-state index contributed by atoms with van der Waals surface area (Å²) in [6, 6.07) is 9.49. The van der Waals surface area contributed by atoms with Gasteiger partial charge in [0.1, 0.15) is 0 Å². The third-order valence-electron chi connectivity index (χ3n) is 4.79. The molecule has 3 aliphatic heterocycles. The lowest BCUT2D eigenvalue weighted by Gasteiger charge is -2.60. The molecule has 3 heterocycles. The quantitative estimate of drug-likeness (QED) is 0.364. The molecule has 0 amide bonds. The molecule has 1 atom stereocenters. The number of hydrogen-bond acceptors (Lipinski definition) is 7. The minimum atomic E-state index is -3.94. The average molecular weight is 386 g/mol. The molecule has 1 aromatic carbocycles. The fourth-order valence-corrected chi connectivity index (χ4v) is 3.69. The van der Waals surface area contributed by atoms with Gasteiger partial charge in [-0.2, -0.15) is 8.42 Å². The van der Waals surface area contributed by atoms with E-state index in [1.165, 1.54) is 0 Å². The molecule has 0 saturated carbocycles. The lowest BCUT2D eigenvalue weighted by atomic mass is 9.67. The van der Waals surface area contributed by atoms with Gasteiger partial charge in [0.25, 0.3) is 10.1 Å². The summed E-state index contributed by atoms with van der Waals surface area (Å²) in [5.74, 6) is -0.281. The van der Waals surface area contributed by atoms with E-state index in [9.17, 15) is 8.42 Å². The fraction of sp³-hybridized carbons (Fsp3) is 0.625. The predicted octanol–water partition coefficient (Wildman–Crippen LogP) is 0.753. The fourth-order valence-electron chi connectivity index (χ4n) is 3.18. The predicted molar refractivity (Wildman–Crippen MR) is 96.1 cm³/mol. The van der Waals surface area contributed by atoms with Gasteiger partial charge in [-0.15, -0.1) is 0 Å². The zero-order valence-corrected chi connectivity index (χ0v) is 15.6. The van der Waals surface area contributed by atoms with Crippen molar-refractivity contribution in [2.45, 2.75) is 31.5 Å². The van der Waals surface area contributed by atoms with E-state index >= 15 is 0 Å². The van der Waals surface area contributed by atoms with E-state index < -0.39 is 22.4 Å². The highest BCUT2D eigenvalue weighted by molar-refractivity contribution is 7.85. The van der Waals surface area contributed by atoms with Crippen LogP contribution in [0, 0.1) is 0 Å². The molecule has 2 bridgehead atoms. The Morgan fingerprint density at radius 1 is 1.23 bits per heavy atom. The van der Waals surface area contributed by atoms with Crippen LogP contribution in [0.5, 0.6) is 0 Å². The van der Waals surface area contributed by atoms with Gasteiger partial charge in [-0.25, -0.2) is 0 Å². The van der Waals surface area contributed by atoms with Crippen molar-refractivity contribution in [1.82, 2.24) is 5.32 Å². The second-order valence-corrected chi connectivity index (χ2v) is 8.55. The van der Waals surface area contributed by atoms with Gasteiger partial charge in [0.2, 0.25) is 0 Å². The van der Waals surface area contributed by atoms with Crippen LogP contribution in [0.2, 0.25) is 0 Å². The van der Waals surface area contributed by atoms with Gasteiger partial charge in [0.05, 0.1) is 17.9 Å². The van der Waals surface area contributed by atoms with Crippen molar-refractivity contribution >= 4 is 16.9 Å². The molecule has 0 aliphatic carbocycles. The second kappa shape index (κ2) is 7.93. The van der Waals surface area contributed by atoms with Gasteiger partial charge in [-0.05, 0) is 18.5 Å². The molecule has 1 unspecified atom stereocenters. The number of benzene rings is 1. The van der Waals surface area contributed by atoms with E-state index in [0.717, 1.165) is 5.56 Å². The molecule has 10 heteroatoms. The molecule has 1 aromatic rings. The van der Waals surface area contributed by atoms with Crippen LogP contribution in [-0.2, 0) is 35.4 Å². The maximum absolute atomic E-state index is 10.8. The number of nitrogens with one attached hydrogen (secondary N) is 1. The van der Waals surface area contributed by atoms with Crippen LogP contribution >= 0.6 is 0 Å². The summed E-state index contributed by atoms with van der Waals surface area (Å²) in [7, 11) is -3.94. The number of rotatable bonds is 9. The van der Waals surface area contributed by atoms with Gasteiger partial charge >= 0.3 is 6.75 Å². The molecule has 0 aromatic heterocycles. The first kappa shape index (κ1) is 19.7. The van der Waals surface area contributed by atoms with Crippen LogP contribution in [0.3, 0.4) is 0 Å². The molecule has 8 nitrogen and oxygen atoms in total. The summed E-state index contributed by atoms with van der Waals surface area (Å²) in [5, 5.41) is 3.23. The molecule has 26 heavy (non-hydrogen) atoms. The normalized spacial score (nSPS) is 29.6. The Balaban J connectivity index is 1.47. The second-order valence-electron chi connectivity index (χ2n) is 6.98. The molecule has 146 valence electrons. The van der Waals surface area contributed by atoms with Crippen molar-refractivity contribution < 1.29 is 31.7 Å². The number of ether oxygens (including phenoxy) is 1. The largest absolute Gasteiger partial charge is 0.541 e. The number of fused-ring (bicyclic) bond motifs is 3. The highest BCUT2D eigenvalue weighted by atomic mass is 32.2. The minimum Gasteiger partial charge on any atom is -0.541 e. The first-order valence-electron chi connectivity index (χ1n) is 8.74. The standard InChI is InChI=1S/C16H25BNO7S/c1-14(22-10-15-6-3-2-4-7-15)17-23-11-16(12-24-17,13-25-17)18-8-5-9-26(19,20)21/h2-4,6-7,14,18H,5,8-13H2,1H3,(H,19,20,21)/q-1.